The number of para-hydroxylation sites is 2. The summed E-state index contributed by atoms with van der Waals surface area (Å²) in [6, 6.07) is 7.92. The fourth-order valence-corrected chi connectivity index (χ4v) is 2.88. The number of aryl methyl sites for hydroxylation is 1. The lowest BCUT2D eigenvalue weighted by atomic mass is 10.3. The molecule has 1 aromatic carbocycles. The first-order valence-corrected chi connectivity index (χ1v) is 7.86. The van der Waals surface area contributed by atoms with Crippen LogP contribution in [-0.2, 0) is 11.3 Å². The Balaban J connectivity index is 1.53. The Kier molecular flexibility index (Phi) is 4.70. The summed E-state index contributed by atoms with van der Waals surface area (Å²) in [5.74, 6) is 0.917. The molecule has 2 N–H and O–H groups in total. The van der Waals surface area contributed by atoms with E-state index in [2.05, 4.69) is 20.5 Å². The maximum atomic E-state index is 12.2. The van der Waals surface area contributed by atoms with Crippen molar-refractivity contribution in [2.24, 2.45) is 0 Å². The first-order chi connectivity index (χ1) is 10.7. The summed E-state index contributed by atoms with van der Waals surface area (Å²) >= 11 is 0. The molecular formula is C16H23N5O. The van der Waals surface area contributed by atoms with Crippen molar-refractivity contribution < 1.29 is 4.79 Å². The molecule has 1 saturated heterocycles. The standard InChI is InChI=1S/C16H23N5O/c1-13-19-14-4-2-3-5-15(14)21(13)12-16(22)18-8-11-20-9-6-17-7-10-20/h2-5,17H,6-12H2,1H3,(H,18,22). The van der Waals surface area contributed by atoms with E-state index in [1.54, 1.807) is 0 Å². The number of piperazine rings is 1. The monoisotopic (exact) mass is 301 g/mol. The van der Waals surface area contributed by atoms with Gasteiger partial charge in [0, 0.05) is 39.3 Å². The van der Waals surface area contributed by atoms with Gasteiger partial charge in [-0.25, -0.2) is 4.98 Å². The number of rotatable bonds is 5. The Morgan fingerprint density at radius 3 is 2.91 bits per heavy atom. The fraction of sp³-hybridized carbons (Fsp3) is 0.500. The average molecular weight is 301 g/mol. The van der Waals surface area contributed by atoms with Crippen LogP contribution in [0.3, 0.4) is 0 Å². The van der Waals surface area contributed by atoms with Crippen LogP contribution in [-0.4, -0.2) is 59.6 Å². The van der Waals surface area contributed by atoms with E-state index in [4.69, 9.17) is 0 Å². The molecule has 2 heterocycles. The Morgan fingerprint density at radius 1 is 1.32 bits per heavy atom. The average Bonchev–Trinajstić information content (AvgIpc) is 2.84. The number of hydrogen-bond acceptors (Lipinski definition) is 4. The van der Waals surface area contributed by atoms with Gasteiger partial charge in [0.25, 0.3) is 0 Å². The van der Waals surface area contributed by atoms with Crippen LogP contribution >= 0.6 is 0 Å². The lowest BCUT2D eigenvalue weighted by Crippen LogP contribution is -2.46. The molecular weight excluding hydrogens is 278 g/mol. The SMILES string of the molecule is Cc1nc2ccccc2n1CC(=O)NCCN1CCNCC1. The van der Waals surface area contributed by atoms with Crippen LogP contribution in [0.2, 0.25) is 0 Å². The highest BCUT2D eigenvalue weighted by molar-refractivity contribution is 5.81. The second-order valence-electron chi connectivity index (χ2n) is 5.68. The summed E-state index contributed by atoms with van der Waals surface area (Å²) in [5.41, 5.74) is 1.95. The van der Waals surface area contributed by atoms with E-state index < -0.39 is 0 Å². The molecule has 3 rings (SSSR count). The maximum absolute atomic E-state index is 12.2. The maximum Gasteiger partial charge on any atom is 0.240 e. The van der Waals surface area contributed by atoms with E-state index in [-0.39, 0.29) is 5.91 Å². The van der Waals surface area contributed by atoms with Gasteiger partial charge in [-0.2, -0.15) is 0 Å². The predicted molar refractivity (Wildman–Crippen MR) is 86.8 cm³/mol. The summed E-state index contributed by atoms with van der Waals surface area (Å²) in [5, 5.41) is 6.34. The van der Waals surface area contributed by atoms with Crippen molar-refractivity contribution >= 4 is 16.9 Å². The Labute approximate surface area is 130 Å². The minimum atomic E-state index is 0.0430. The zero-order valence-electron chi connectivity index (χ0n) is 13.0. The van der Waals surface area contributed by atoms with Crippen LogP contribution in [0.1, 0.15) is 5.82 Å². The molecule has 1 aliphatic heterocycles. The number of imidazole rings is 1. The Morgan fingerprint density at radius 2 is 2.09 bits per heavy atom. The number of nitrogens with zero attached hydrogens (tertiary/aromatic N) is 3. The highest BCUT2D eigenvalue weighted by atomic mass is 16.1. The molecule has 118 valence electrons. The third-order valence-electron chi connectivity index (χ3n) is 4.11. The second-order valence-corrected chi connectivity index (χ2v) is 5.68. The number of aromatic nitrogens is 2. The highest BCUT2D eigenvalue weighted by Crippen LogP contribution is 2.14. The molecule has 6 nitrogen and oxygen atoms in total. The van der Waals surface area contributed by atoms with Crippen LogP contribution < -0.4 is 10.6 Å². The van der Waals surface area contributed by atoms with Crippen molar-refractivity contribution in [2.45, 2.75) is 13.5 Å². The van der Waals surface area contributed by atoms with E-state index in [9.17, 15) is 4.79 Å². The number of amides is 1. The van der Waals surface area contributed by atoms with Gasteiger partial charge in [0.1, 0.15) is 12.4 Å². The van der Waals surface area contributed by atoms with Crippen molar-refractivity contribution in [1.82, 2.24) is 25.1 Å². The summed E-state index contributed by atoms with van der Waals surface area (Å²) < 4.78 is 1.97. The van der Waals surface area contributed by atoms with Crippen molar-refractivity contribution in [2.75, 3.05) is 39.3 Å². The van der Waals surface area contributed by atoms with Gasteiger partial charge in [0.2, 0.25) is 5.91 Å². The number of nitrogens with one attached hydrogen (secondary N) is 2. The van der Waals surface area contributed by atoms with E-state index >= 15 is 0 Å². The zero-order chi connectivity index (χ0) is 15.4. The summed E-state index contributed by atoms with van der Waals surface area (Å²) in [6.07, 6.45) is 0. The Hall–Kier alpha value is -1.92. The highest BCUT2D eigenvalue weighted by Gasteiger charge is 2.12. The molecule has 0 bridgehead atoms. The van der Waals surface area contributed by atoms with Gasteiger partial charge in [-0.3, -0.25) is 9.69 Å². The van der Waals surface area contributed by atoms with Crippen LogP contribution in [0.4, 0.5) is 0 Å². The molecule has 2 aromatic rings. The van der Waals surface area contributed by atoms with E-state index in [0.29, 0.717) is 13.1 Å². The van der Waals surface area contributed by atoms with Crippen molar-refractivity contribution in [3.05, 3.63) is 30.1 Å². The summed E-state index contributed by atoms with van der Waals surface area (Å²) in [4.78, 5) is 19.0. The minimum Gasteiger partial charge on any atom is -0.353 e. The van der Waals surface area contributed by atoms with Crippen molar-refractivity contribution in [1.29, 1.82) is 0 Å². The first kappa shape index (κ1) is 15.0. The van der Waals surface area contributed by atoms with Crippen LogP contribution in [0.15, 0.2) is 24.3 Å². The third-order valence-corrected chi connectivity index (χ3v) is 4.11. The van der Waals surface area contributed by atoms with E-state index in [1.165, 1.54) is 0 Å². The van der Waals surface area contributed by atoms with Crippen LogP contribution in [0.25, 0.3) is 11.0 Å². The topological polar surface area (TPSA) is 62.2 Å². The van der Waals surface area contributed by atoms with Crippen molar-refractivity contribution in [3.8, 4) is 0 Å². The van der Waals surface area contributed by atoms with Gasteiger partial charge in [-0.05, 0) is 19.1 Å². The minimum absolute atomic E-state index is 0.0430. The quantitative estimate of drug-likeness (QED) is 0.837. The van der Waals surface area contributed by atoms with Crippen LogP contribution in [0.5, 0.6) is 0 Å². The lowest BCUT2D eigenvalue weighted by Gasteiger charge is -2.27. The molecule has 1 amide bonds. The van der Waals surface area contributed by atoms with E-state index in [1.807, 2.05) is 35.8 Å². The number of hydrogen-bond donors (Lipinski definition) is 2. The van der Waals surface area contributed by atoms with Gasteiger partial charge in [-0.1, -0.05) is 12.1 Å². The smallest absolute Gasteiger partial charge is 0.240 e. The first-order valence-electron chi connectivity index (χ1n) is 7.86. The predicted octanol–water partition coefficient (Wildman–Crippen LogP) is 0.366. The molecule has 0 radical (unpaired) electrons. The van der Waals surface area contributed by atoms with Gasteiger partial charge < -0.3 is 15.2 Å². The lowest BCUT2D eigenvalue weighted by molar-refractivity contribution is -0.121. The van der Waals surface area contributed by atoms with Crippen LogP contribution in [0, 0.1) is 6.92 Å². The largest absolute Gasteiger partial charge is 0.353 e. The van der Waals surface area contributed by atoms with E-state index in [0.717, 1.165) is 49.6 Å². The number of fused-ring (bicyclic) bond motifs is 1. The number of carbonyl (C=O) groups is 1. The molecule has 0 atom stereocenters. The normalized spacial score (nSPS) is 16.0. The van der Waals surface area contributed by atoms with Gasteiger partial charge in [-0.15, -0.1) is 0 Å². The van der Waals surface area contributed by atoms with Gasteiger partial charge >= 0.3 is 0 Å². The summed E-state index contributed by atoms with van der Waals surface area (Å²) in [7, 11) is 0. The molecule has 1 aliphatic rings. The second kappa shape index (κ2) is 6.89. The zero-order valence-corrected chi connectivity index (χ0v) is 13.0. The fourth-order valence-electron chi connectivity index (χ4n) is 2.88. The molecule has 1 aromatic heterocycles. The molecule has 6 heteroatoms. The van der Waals surface area contributed by atoms with Gasteiger partial charge in [0.05, 0.1) is 11.0 Å². The molecule has 0 unspecified atom stereocenters. The third kappa shape index (κ3) is 3.45. The van der Waals surface area contributed by atoms with Crippen molar-refractivity contribution in [3.63, 3.8) is 0 Å². The number of carbonyl (C=O) groups excluding carboxylic acids is 1. The molecule has 0 aliphatic carbocycles. The molecule has 0 spiro atoms. The molecule has 1 fully saturated rings. The van der Waals surface area contributed by atoms with Gasteiger partial charge in [0.15, 0.2) is 0 Å². The summed E-state index contributed by atoms with van der Waals surface area (Å²) in [6.45, 7) is 8.06. The molecule has 22 heavy (non-hydrogen) atoms. The number of benzene rings is 1. The molecule has 0 saturated carbocycles. The Bertz CT molecular complexity index is 645.